The summed E-state index contributed by atoms with van der Waals surface area (Å²) in [7, 11) is 3.56. The van der Waals surface area contributed by atoms with Crippen LogP contribution >= 0.6 is 0 Å². The molecule has 2 N–H and O–H groups in total. The average molecular weight is 249 g/mol. The van der Waals surface area contributed by atoms with Crippen molar-refractivity contribution < 1.29 is 9.90 Å². The van der Waals surface area contributed by atoms with Crippen LogP contribution in [-0.2, 0) is 4.79 Å². The second-order valence-corrected chi connectivity index (χ2v) is 4.42. The zero-order valence-corrected chi connectivity index (χ0v) is 10.8. The highest BCUT2D eigenvalue weighted by molar-refractivity contribution is 5.82. The zero-order chi connectivity index (χ0) is 13.1. The molecule has 5 heteroatoms. The number of rotatable bonds is 4. The van der Waals surface area contributed by atoms with E-state index in [1.54, 1.807) is 19.1 Å². The molecule has 18 heavy (non-hydrogen) atoms. The van der Waals surface area contributed by atoms with Crippen LogP contribution in [-0.4, -0.2) is 43.2 Å². The second-order valence-electron chi connectivity index (χ2n) is 4.42. The van der Waals surface area contributed by atoms with Gasteiger partial charge < -0.3 is 10.4 Å². The van der Waals surface area contributed by atoms with Gasteiger partial charge in [0.15, 0.2) is 0 Å². The van der Waals surface area contributed by atoms with Crippen LogP contribution in [0.15, 0.2) is 24.3 Å². The number of hydrazine groups is 1. The predicted octanol–water partition coefficient (Wildman–Crippen LogP) is 0.523. The molecular formula is C13H19N3O2. The summed E-state index contributed by atoms with van der Waals surface area (Å²) in [5.41, 5.74) is 1.74. The van der Waals surface area contributed by atoms with Crippen LogP contribution in [0.3, 0.4) is 0 Å². The third-order valence-corrected chi connectivity index (χ3v) is 3.23. The maximum Gasteiger partial charge on any atom is 0.242 e. The lowest BCUT2D eigenvalue weighted by molar-refractivity contribution is -0.126. The van der Waals surface area contributed by atoms with Crippen LogP contribution in [0.25, 0.3) is 0 Å². The van der Waals surface area contributed by atoms with Crippen LogP contribution in [0.1, 0.15) is 18.1 Å². The molecule has 0 bridgehead atoms. The lowest BCUT2D eigenvalue weighted by Gasteiger charge is -2.29. The Morgan fingerprint density at radius 1 is 1.44 bits per heavy atom. The number of aliphatic hydroxyl groups excluding tert-OH is 1. The Balaban J connectivity index is 2.30. The third kappa shape index (κ3) is 2.32. The molecule has 1 unspecified atom stereocenters. The molecular weight excluding hydrogens is 230 g/mol. The fourth-order valence-corrected chi connectivity index (χ4v) is 2.24. The van der Waals surface area contributed by atoms with Gasteiger partial charge in [-0.25, -0.2) is 0 Å². The van der Waals surface area contributed by atoms with Gasteiger partial charge in [0.05, 0.1) is 11.8 Å². The summed E-state index contributed by atoms with van der Waals surface area (Å²) in [6.07, 6.45) is -0.0530. The first-order valence-corrected chi connectivity index (χ1v) is 6.10. The van der Waals surface area contributed by atoms with Crippen LogP contribution in [0.5, 0.6) is 0 Å². The predicted molar refractivity (Wildman–Crippen MR) is 70.1 cm³/mol. The Morgan fingerprint density at radius 3 is 2.78 bits per heavy atom. The molecule has 1 saturated heterocycles. The monoisotopic (exact) mass is 249 g/mol. The highest BCUT2D eigenvalue weighted by atomic mass is 16.3. The van der Waals surface area contributed by atoms with Crippen molar-refractivity contribution in [3.63, 3.8) is 0 Å². The van der Waals surface area contributed by atoms with Gasteiger partial charge in [-0.3, -0.25) is 14.8 Å². The average Bonchev–Trinajstić information content (AvgIpc) is 2.70. The molecule has 98 valence electrons. The SMILES string of the molecule is CNCC(O)c1ccccc1N1CCC(=O)N1C. The fourth-order valence-electron chi connectivity index (χ4n) is 2.24. The van der Waals surface area contributed by atoms with Crippen molar-refractivity contribution >= 4 is 11.6 Å². The molecule has 0 saturated carbocycles. The summed E-state index contributed by atoms with van der Waals surface area (Å²) in [5, 5.41) is 16.6. The number of likely N-dealkylation sites (N-methyl/N-ethyl adjacent to an activating group) is 1. The molecule has 1 atom stereocenters. The van der Waals surface area contributed by atoms with Gasteiger partial charge in [0.25, 0.3) is 0 Å². The first kappa shape index (κ1) is 12.9. The number of aliphatic hydroxyl groups is 1. The summed E-state index contributed by atoms with van der Waals surface area (Å²) in [4.78, 5) is 11.6. The van der Waals surface area contributed by atoms with Crippen molar-refractivity contribution in [3.8, 4) is 0 Å². The summed E-state index contributed by atoms with van der Waals surface area (Å²) >= 11 is 0. The summed E-state index contributed by atoms with van der Waals surface area (Å²) in [6, 6.07) is 7.65. The number of nitrogens with one attached hydrogen (secondary N) is 1. The van der Waals surface area contributed by atoms with Crippen LogP contribution in [0, 0.1) is 0 Å². The number of para-hydroxylation sites is 1. The van der Waals surface area contributed by atoms with Crippen molar-refractivity contribution in [2.45, 2.75) is 12.5 Å². The number of hydrogen-bond donors (Lipinski definition) is 2. The standard InChI is InChI=1S/C13H19N3O2/c1-14-9-12(17)10-5-3-4-6-11(10)16-8-7-13(18)15(16)2/h3-6,12,14,17H,7-9H2,1-2H3. The Hall–Kier alpha value is -1.59. The van der Waals surface area contributed by atoms with Crippen LogP contribution in [0.4, 0.5) is 5.69 Å². The van der Waals surface area contributed by atoms with Gasteiger partial charge in [-0.2, -0.15) is 0 Å². The third-order valence-electron chi connectivity index (χ3n) is 3.23. The Morgan fingerprint density at radius 2 is 2.17 bits per heavy atom. The van der Waals surface area contributed by atoms with Gasteiger partial charge in [0, 0.05) is 32.1 Å². The molecule has 1 heterocycles. The minimum Gasteiger partial charge on any atom is -0.387 e. The number of carbonyl (C=O) groups excluding carboxylic acids is 1. The van der Waals surface area contributed by atoms with E-state index in [1.165, 1.54) is 0 Å². The van der Waals surface area contributed by atoms with E-state index in [9.17, 15) is 9.90 Å². The van der Waals surface area contributed by atoms with Gasteiger partial charge in [0.2, 0.25) is 5.91 Å². The minimum atomic E-state index is -0.574. The second kappa shape index (κ2) is 5.37. The van der Waals surface area contributed by atoms with Gasteiger partial charge >= 0.3 is 0 Å². The number of hydrogen-bond acceptors (Lipinski definition) is 4. The normalized spacial score (nSPS) is 17.4. The molecule has 1 aliphatic rings. The van der Waals surface area contributed by atoms with Gasteiger partial charge in [-0.1, -0.05) is 18.2 Å². The molecule has 5 nitrogen and oxygen atoms in total. The molecule has 0 aliphatic carbocycles. The summed E-state index contributed by atoms with van der Waals surface area (Å²) in [5.74, 6) is 0.105. The van der Waals surface area contributed by atoms with E-state index < -0.39 is 6.10 Å². The molecule has 1 fully saturated rings. The zero-order valence-electron chi connectivity index (χ0n) is 10.8. The van der Waals surface area contributed by atoms with Crippen molar-refractivity contribution in [1.29, 1.82) is 0 Å². The van der Waals surface area contributed by atoms with Crippen LogP contribution in [0.2, 0.25) is 0 Å². The molecule has 1 aromatic carbocycles. The van der Waals surface area contributed by atoms with Gasteiger partial charge in [-0.15, -0.1) is 0 Å². The topological polar surface area (TPSA) is 55.8 Å². The van der Waals surface area contributed by atoms with Crippen molar-refractivity contribution in [2.24, 2.45) is 0 Å². The highest BCUT2D eigenvalue weighted by Crippen LogP contribution is 2.29. The largest absolute Gasteiger partial charge is 0.387 e. The number of nitrogens with zero attached hydrogens (tertiary/aromatic N) is 2. The van der Waals surface area contributed by atoms with E-state index in [1.807, 2.05) is 29.3 Å². The number of amides is 1. The molecule has 2 rings (SSSR count). The smallest absolute Gasteiger partial charge is 0.242 e. The first-order valence-electron chi connectivity index (χ1n) is 6.10. The molecule has 0 spiro atoms. The summed E-state index contributed by atoms with van der Waals surface area (Å²) < 4.78 is 0. The van der Waals surface area contributed by atoms with E-state index >= 15 is 0 Å². The molecule has 1 aliphatic heterocycles. The van der Waals surface area contributed by atoms with Gasteiger partial charge in [-0.05, 0) is 13.1 Å². The lowest BCUT2D eigenvalue weighted by Crippen LogP contribution is -2.36. The Kier molecular flexibility index (Phi) is 3.84. The van der Waals surface area contributed by atoms with Gasteiger partial charge in [0.1, 0.15) is 0 Å². The Bertz CT molecular complexity index is 436. The van der Waals surface area contributed by atoms with Crippen molar-refractivity contribution in [2.75, 3.05) is 32.2 Å². The summed E-state index contributed by atoms with van der Waals surface area (Å²) in [6.45, 7) is 1.15. The maximum atomic E-state index is 11.6. The van der Waals surface area contributed by atoms with E-state index in [2.05, 4.69) is 5.32 Å². The number of carbonyl (C=O) groups is 1. The van der Waals surface area contributed by atoms with E-state index in [0.717, 1.165) is 11.3 Å². The minimum absolute atomic E-state index is 0.105. The lowest BCUT2D eigenvalue weighted by atomic mass is 10.1. The maximum absolute atomic E-state index is 11.6. The van der Waals surface area contributed by atoms with Crippen molar-refractivity contribution in [1.82, 2.24) is 10.3 Å². The number of anilines is 1. The van der Waals surface area contributed by atoms with Crippen molar-refractivity contribution in [3.05, 3.63) is 29.8 Å². The number of benzene rings is 1. The molecule has 1 aromatic rings. The molecule has 0 aromatic heterocycles. The molecule has 0 radical (unpaired) electrons. The van der Waals surface area contributed by atoms with E-state index in [4.69, 9.17) is 0 Å². The fraction of sp³-hybridized carbons (Fsp3) is 0.462. The van der Waals surface area contributed by atoms with E-state index in [0.29, 0.717) is 19.5 Å². The van der Waals surface area contributed by atoms with Crippen LogP contribution < -0.4 is 10.3 Å². The highest BCUT2D eigenvalue weighted by Gasteiger charge is 2.28. The van der Waals surface area contributed by atoms with E-state index in [-0.39, 0.29) is 5.91 Å². The quantitative estimate of drug-likeness (QED) is 0.817. The Labute approximate surface area is 107 Å². The first-order chi connectivity index (χ1) is 8.65. The molecule has 1 amide bonds.